The lowest BCUT2D eigenvalue weighted by Crippen LogP contribution is -2.39. The molecule has 11 nitrogen and oxygen atoms in total. The van der Waals surface area contributed by atoms with Gasteiger partial charge in [0.2, 0.25) is 5.91 Å². The third-order valence-electron chi connectivity index (χ3n) is 4.73. The normalized spacial score (nSPS) is 15.3. The molecule has 0 aromatic carbocycles. The molecule has 3 rings (SSSR count). The SMILES string of the molecule is Cc1ncsc1CN1Cc2cncn2C(COCC(=O)N(C)C)C1.O=C(O)C(F)(F)F.O=C(O)C(F)(F)F. The Morgan fingerprint density at radius 2 is 1.68 bits per heavy atom. The minimum atomic E-state index is -5.08. The minimum Gasteiger partial charge on any atom is -0.475 e. The first kappa shape index (κ1) is 32.8. The van der Waals surface area contributed by atoms with Crippen LogP contribution in [0, 0.1) is 6.92 Å². The molecule has 1 atom stereocenters. The zero-order valence-corrected chi connectivity index (χ0v) is 21.1. The van der Waals surface area contributed by atoms with Gasteiger partial charge in [0.1, 0.15) is 6.61 Å². The number of carboxylic acid groups (broad SMARTS) is 2. The van der Waals surface area contributed by atoms with Crippen molar-refractivity contribution >= 4 is 29.2 Å². The third-order valence-corrected chi connectivity index (χ3v) is 5.65. The summed E-state index contributed by atoms with van der Waals surface area (Å²) in [7, 11) is 3.47. The summed E-state index contributed by atoms with van der Waals surface area (Å²) in [5, 5.41) is 14.2. The van der Waals surface area contributed by atoms with Gasteiger partial charge in [0.05, 0.1) is 35.9 Å². The van der Waals surface area contributed by atoms with Crippen LogP contribution in [0.1, 0.15) is 22.3 Å². The van der Waals surface area contributed by atoms with Gasteiger partial charge in [-0.2, -0.15) is 26.3 Å². The summed E-state index contributed by atoms with van der Waals surface area (Å²) in [5.74, 6) is -5.53. The molecule has 2 aromatic rings. The number of aryl methyl sites for hydroxylation is 1. The highest BCUT2D eigenvalue weighted by atomic mass is 32.1. The Balaban J connectivity index is 0.000000426. The highest BCUT2D eigenvalue weighted by Crippen LogP contribution is 2.24. The first-order valence-electron chi connectivity index (χ1n) is 10.4. The summed E-state index contributed by atoms with van der Waals surface area (Å²) in [6.45, 7) is 5.28. The molecule has 0 bridgehead atoms. The van der Waals surface area contributed by atoms with E-state index in [2.05, 4.69) is 19.4 Å². The summed E-state index contributed by atoms with van der Waals surface area (Å²) >= 11 is 1.70. The van der Waals surface area contributed by atoms with Gasteiger partial charge in [0.15, 0.2) is 0 Å². The van der Waals surface area contributed by atoms with Crippen molar-refractivity contribution in [2.75, 3.05) is 33.9 Å². The second-order valence-corrected chi connectivity index (χ2v) is 8.83. The van der Waals surface area contributed by atoms with Gasteiger partial charge in [-0.3, -0.25) is 9.69 Å². The van der Waals surface area contributed by atoms with Gasteiger partial charge in [0.25, 0.3) is 0 Å². The lowest BCUT2D eigenvalue weighted by molar-refractivity contribution is -0.193. The predicted octanol–water partition coefficient (Wildman–Crippen LogP) is 2.58. The number of aromatic nitrogens is 3. The lowest BCUT2D eigenvalue weighted by atomic mass is 10.2. The van der Waals surface area contributed by atoms with E-state index in [0.29, 0.717) is 6.61 Å². The Hall–Kier alpha value is -3.25. The largest absolute Gasteiger partial charge is 0.490 e. The van der Waals surface area contributed by atoms with Crippen molar-refractivity contribution in [3.8, 4) is 0 Å². The number of fused-ring (bicyclic) bond motifs is 1. The number of rotatable bonds is 6. The molecule has 38 heavy (non-hydrogen) atoms. The van der Waals surface area contributed by atoms with Crippen LogP contribution in [0.5, 0.6) is 0 Å². The second-order valence-electron chi connectivity index (χ2n) is 7.89. The molecule has 3 heterocycles. The maximum absolute atomic E-state index is 11.7. The Morgan fingerprint density at radius 1 is 1.13 bits per heavy atom. The van der Waals surface area contributed by atoms with Crippen molar-refractivity contribution in [1.82, 2.24) is 24.3 Å². The molecule has 1 aliphatic heterocycles. The lowest BCUT2D eigenvalue weighted by Gasteiger charge is -2.34. The zero-order chi connectivity index (χ0) is 29.3. The van der Waals surface area contributed by atoms with Crippen LogP contribution in [-0.2, 0) is 32.2 Å². The fourth-order valence-corrected chi connectivity index (χ4v) is 3.63. The number of amides is 1. The number of carboxylic acids is 2. The van der Waals surface area contributed by atoms with Crippen molar-refractivity contribution in [3.05, 3.63) is 34.3 Å². The number of thiazole rings is 1. The van der Waals surface area contributed by atoms with Gasteiger partial charge < -0.3 is 24.4 Å². The van der Waals surface area contributed by atoms with E-state index >= 15 is 0 Å². The minimum absolute atomic E-state index is 0.0196. The van der Waals surface area contributed by atoms with E-state index < -0.39 is 24.3 Å². The quantitative estimate of drug-likeness (QED) is 0.496. The van der Waals surface area contributed by atoms with Crippen LogP contribution in [0.25, 0.3) is 0 Å². The molecule has 0 saturated heterocycles. The van der Waals surface area contributed by atoms with Gasteiger partial charge in [0, 0.05) is 44.8 Å². The standard InChI is InChI=1S/C16H23N5O2S.2C2HF3O2/c1-12-15(24-11-18-12)7-20-5-13-4-17-10-21(13)14(6-20)8-23-9-16(22)19(2)3;2*3-2(4,5)1(6)7/h4,10-11,14H,5-9H2,1-3H3;2*(H,6,7). The summed E-state index contributed by atoms with van der Waals surface area (Å²) < 4.78 is 71.3. The number of hydrogen-bond donors (Lipinski definition) is 2. The highest BCUT2D eigenvalue weighted by Gasteiger charge is 2.38. The van der Waals surface area contributed by atoms with E-state index in [1.165, 1.54) is 10.6 Å². The molecule has 18 heteroatoms. The van der Waals surface area contributed by atoms with Crippen LogP contribution >= 0.6 is 11.3 Å². The van der Waals surface area contributed by atoms with Crippen molar-refractivity contribution in [2.45, 2.75) is 38.4 Å². The molecule has 2 aromatic heterocycles. The van der Waals surface area contributed by atoms with Crippen LogP contribution in [0.3, 0.4) is 0 Å². The molecule has 1 unspecified atom stereocenters. The molecular formula is C20H25F6N5O6S. The number of aliphatic carboxylic acids is 2. The predicted molar refractivity (Wildman–Crippen MR) is 119 cm³/mol. The first-order chi connectivity index (χ1) is 17.4. The van der Waals surface area contributed by atoms with Crippen LogP contribution in [0.15, 0.2) is 18.0 Å². The summed E-state index contributed by atoms with van der Waals surface area (Å²) in [5.41, 5.74) is 4.17. The number of carbonyl (C=O) groups is 3. The average Bonchev–Trinajstić information content (AvgIpc) is 3.42. The molecule has 0 saturated carbocycles. The Bertz CT molecular complexity index is 1050. The Labute approximate surface area is 216 Å². The van der Waals surface area contributed by atoms with Gasteiger partial charge >= 0.3 is 24.3 Å². The van der Waals surface area contributed by atoms with Crippen molar-refractivity contribution in [3.63, 3.8) is 0 Å². The first-order valence-corrected chi connectivity index (χ1v) is 11.3. The number of imidazole rings is 1. The van der Waals surface area contributed by atoms with Gasteiger partial charge in [-0.15, -0.1) is 11.3 Å². The van der Waals surface area contributed by atoms with E-state index in [1.54, 1.807) is 30.3 Å². The summed E-state index contributed by atoms with van der Waals surface area (Å²) in [6, 6.07) is 0.166. The van der Waals surface area contributed by atoms with Crippen LogP contribution < -0.4 is 0 Å². The van der Waals surface area contributed by atoms with Crippen molar-refractivity contribution < 1.29 is 55.7 Å². The number of alkyl halides is 6. The monoisotopic (exact) mass is 577 g/mol. The number of hydrogen-bond acceptors (Lipinski definition) is 8. The van der Waals surface area contributed by atoms with Crippen molar-refractivity contribution in [2.24, 2.45) is 0 Å². The van der Waals surface area contributed by atoms with Crippen LogP contribution in [0.2, 0.25) is 0 Å². The third kappa shape index (κ3) is 11.0. The molecule has 0 radical (unpaired) electrons. The Morgan fingerprint density at radius 3 is 2.13 bits per heavy atom. The number of likely N-dealkylation sites (N-methyl/N-ethyl adjacent to an activating group) is 1. The van der Waals surface area contributed by atoms with E-state index in [4.69, 9.17) is 24.5 Å². The summed E-state index contributed by atoms with van der Waals surface area (Å²) in [6.07, 6.45) is -6.41. The van der Waals surface area contributed by atoms with Gasteiger partial charge in [-0.05, 0) is 6.92 Å². The number of carbonyl (C=O) groups excluding carboxylic acids is 1. The van der Waals surface area contributed by atoms with E-state index in [0.717, 1.165) is 25.3 Å². The van der Waals surface area contributed by atoms with Gasteiger partial charge in [-0.25, -0.2) is 19.6 Å². The van der Waals surface area contributed by atoms with Crippen LogP contribution in [0.4, 0.5) is 26.3 Å². The van der Waals surface area contributed by atoms with E-state index in [-0.39, 0.29) is 18.6 Å². The molecule has 1 aliphatic rings. The fraction of sp³-hybridized carbons (Fsp3) is 0.550. The summed E-state index contributed by atoms with van der Waals surface area (Å²) in [4.78, 5) is 43.3. The molecule has 214 valence electrons. The highest BCUT2D eigenvalue weighted by molar-refractivity contribution is 7.09. The number of ether oxygens (including phenoxy) is 1. The van der Waals surface area contributed by atoms with Crippen LogP contribution in [-0.4, -0.2) is 98.6 Å². The fourth-order valence-electron chi connectivity index (χ4n) is 2.81. The molecule has 0 spiro atoms. The topological polar surface area (TPSA) is 138 Å². The molecular weight excluding hydrogens is 552 g/mol. The molecule has 0 fully saturated rings. The van der Waals surface area contributed by atoms with Crippen molar-refractivity contribution in [1.29, 1.82) is 0 Å². The number of nitrogens with zero attached hydrogens (tertiary/aromatic N) is 5. The van der Waals surface area contributed by atoms with E-state index in [1.807, 2.05) is 25.0 Å². The maximum Gasteiger partial charge on any atom is 0.490 e. The van der Waals surface area contributed by atoms with E-state index in [9.17, 15) is 31.1 Å². The molecule has 2 N–H and O–H groups in total. The maximum atomic E-state index is 11.7. The zero-order valence-electron chi connectivity index (χ0n) is 20.3. The molecule has 1 amide bonds. The second kappa shape index (κ2) is 14.1. The smallest absolute Gasteiger partial charge is 0.475 e. The van der Waals surface area contributed by atoms with Gasteiger partial charge in [-0.1, -0.05) is 0 Å². The Kier molecular flexibility index (Phi) is 12.1. The molecule has 0 aliphatic carbocycles. The average molecular weight is 578 g/mol. The number of halogens is 6.